The number of carbonyl (C=O) groups is 1. The molecule has 2 heterocycles. The van der Waals surface area contributed by atoms with Crippen LogP contribution in [0.25, 0.3) is 17.4 Å². The van der Waals surface area contributed by atoms with Crippen LogP contribution >= 0.6 is 39.9 Å². The van der Waals surface area contributed by atoms with Gasteiger partial charge in [0.2, 0.25) is 0 Å². The Morgan fingerprint density at radius 1 is 1.38 bits per heavy atom. The van der Waals surface area contributed by atoms with Gasteiger partial charge in [-0.3, -0.25) is 9.69 Å². The molecule has 0 saturated carbocycles. The van der Waals surface area contributed by atoms with E-state index in [1.807, 2.05) is 50.2 Å². The fraction of sp³-hybridized carbons (Fsp3) is 0.222. The highest BCUT2D eigenvalue weighted by atomic mass is 79.9. The molecule has 1 unspecified atom stereocenters. The molecule has 3 rings (SSSR count). The summed E-state index contributed by atoms with van der Waals surface area (Å²) < 4.78 is 7.47. The second kappa shape index (κ2) is 7.25. The van der Waals surface area contributed by atoms with Crippen molar-refractivity contribution in [3.63, 3.8) is 0 Å². The van der Waals surface area contributed by atoms with Crippen molar-refractivity contribution >= 4 is 56.2 Å². The number of hydrogen-bond donors (Lipinski definition) is 0. The van der Waals surface area contributed by atoms with Gasteiger partial charge < -0.3 is 4.42 Å². The maximum atomic E-state index is 12.5. The smallest absolute Gasteiger partial charge is 0.266 e. The number of furan rings is 1. The summed E-state index contributed by atoms with van der Waals surface area (Å²) in [7, 11) is 0. The minimum absolute atomic E-state index is 0.0419. The Kier molecular flexibility index (Phi) is 5.27. The highest BCUT2D eigenvalue weighted by Crippen LogP contribution is 2.35. The van der Waals surface area contributed by atoms with Gasteiger partial charge in [-0.1, -0.05) is 59.0 Å². The Labute approximate surface area is 159 Å². The third-order valence-electron chi connectivity index (χ3n) is 3.86. The normalized spacial score (nSPS) is 17.8. The summed E-state index contributed by atoms with van der Waals surface area (Å²) in [5.74, 6) is 1.37. The third-order valence-corrected chi connectivity index (χ3v) is 5.69. The van der Waals surface area contributed by atoms with Gasteiger partial charge >= 0.3 is 0 Å². The second-order valence-corrected chi connectivity index (χ2v) is 8.11. The first-order valence-corrected chi connectivity index (χ1v) is 9.64. The molecule has 6 heteroatoms. The van der Waals surface area contributed by atoms with Crippen LogP contribution in [0.1, 0.15) is 26.0 Å². The Morgan fingerprint density at radius 3 is 2.88 bits per heavy atom. The summed E-state index contributed by atoms with van der Waals surface area (Å²) in [4.78, 5) is 14.8. The average molecular weight is 422 g/mol. The zero-order valence-corrected chi connectivity index (χ0v) is 16.5. The summed E-state index contributed by atoms with van der Waals surface area (Å²) in [5, 5.41) is 0. The van der Waals surface area contributed by atoms with Crippen LogP contribution in [0.15, 0.2) is 50.2 Å². The summed E-state index contributed by atoms with van der Waals surface area (Å²) >= 11 is 10.1. The first-order chi connectivity index (χ1) is 11.5. The average Bonchev–Trinajstić information content (AvgIpc) is 3.12. The lowest BCUT2D eigenvalue weighted by atomic mass is 10.2. The molecule has 0 spiro atoms. The highest BCUT2D eigenvalue weighted by molar-refractivity contribution is 9.10. The molecule has 0 aliphatic carbocycles. The van der Waals surface area contributed by atoms with Crippen molar-refractivity contribution in [3.05, 3.63) is 51.5 Å². The number of benzene rings is 1. The Balaban J connectivity index is 1.85. The van der Waals surface area contributed by atoms with E-state index in [4.69, 9.17) is 16.6 Å². The number of nitrogens with zero attached hydrogens (tertiary/aromatic N) is 1. The molecule has 1 fully saturated rings. The maximum absolute atomic E-state index is 12.5. The van der Waals surface area contributed by atoms with Crippen LogP contribution < -0.4 is 0 Å². The molecule has 1 atom stereocenters. The number of amides is 1. The van der Waals surface area contributed by atoms with Crippen LogP contribution in [-0.4, -0.2) is 21.2 Å². The van der Waals surface area contributed by atoms with Crippen molar-refractivity contribution in [1.29, 1.82) is 0 Å². The quantitative estimate of drug-likeness (QED) is 0.467. The largest absolute Gasteiger partial charge is 0.457 e. The van der Waals surface area contributed by atoms with Crippen molar-refractivity contribution in [3.8, 4) is 11.3 Å². The molecule has 2 aromatic rings. The zero-order valence-electron chi connectivity index (χ0n) is 13.3. The van der Waals surface area contributed by atoms with Crippen LogP contribution in [-0.2, 0) is 4.79 Å². The van der Waals surface area contributed by atoms with Crippen LogP contribution in [0, 0.1) is 0 Å². The molecule has 124 valence electrons. The van der Waals surface area contributed by atoms with Gasteiger partial charge in [-0.2, -0.15) is 0 Å². The van der Waals surface area contributed by atoms with Crippen molar-refractivity contribution in [2.45, 2.75) is 26.3 Å². The van der Waals surface area contributed by atoms with Crippen molar-refractivity contribution < 1.29 is 9.21 Å². The van der Waals surface area contributed by atoms with E-state index in [-0.39, 0.29) is 11.9 Å². The predicted octanol–water partition coefficient (Wildman–Crippen LogP) is 5.71. The summed E-state index contributed by atoms with van der Waals surface area (Å²) in [6, 6.07) is 11.8. The summed E-state index contributed by atoms with van der Waals surface area (Å²) in [6.07, 6.45) is 2.64. The molecule has 24 heavy (non-hydrogen) atoms. The number of hydrogen-bond acceptors (Lipinski definition) is 4. The molecule has 1 saturated heterocycles. The Hall–Kier alpha value is -1.37. The minimum atomic E-state index is -0.0419. The molecule has 0 N–H and O–H groups in total. The molecular weight excluding hydrogens is 406 g/mol. The van der Waals surface area contributed by atoms with Crippen molar-refractivity contribution in [1.82, 2.24) is 4.90 Å². The molecular formula is C18H16BrNO2S2. The zero-order chi connectivity index (χ0) is 17.3. The van der Waals surface area contributed by atoms with Gasteiger partial charge in [0, 0.05) is 22.2 Å². The molecule has 1 amide bonds. The first kappa shape index (κ1) is 17.5. The maximum Gasteiger partial charge on any atom is 0.266 e. The van der Waals surface area contributed by atoms with E-state index in [1.165, 1.54) is 11.8 Å². The molecule has 1 aromatic heterocycles. The van der Waals surface area contributed by atoms with Gasteiger partial charge in [0.1, 0.15) is 15.8 Å². The molecule has 1 aliphatic heterocycles. The van der Waals surface area contributed by atoms with E-state index >= 15 is 0 Å². The van der Waals surface area contributed by atoms with E-state index in [0.29, 0.717) is 15.0 Å². The SMILES string of the molecule is CCC(C)N1C(=O)/C(=C\c2ccc(-c3cccc(Br)c3)o2)SC1=S. The fourth-order valence-electron chi connectivity index (χ4n) is 2.40. The van der Waals surface area contributed by atoms with Gasteiger partial charge in [-0.15, -0.1) is 0 Å². The Bertz CT molecular complexity index is 828. The fourth-order valence-corrected chi connectivity index (χ4v) is 4.24. The second-order valence-electron chi connectivity index (χ2n) is 5.52. The lowest BCUT2D eigenvalue weighted by Gasteiger charge is -2.21. The summed E-state index contributed by atoms with van der Waals surface area (Å²) in [6.45, 7) is 4.05. The van der Waals surface area contributed by atoms with E-state index < -0.39 is 0 Å². The van der Waals surface area contributed by atoms with Crippen LogP contribution in [0.3, 0.4) is 0 Å². The van der Waals surface area contributed by atoms with Crippen LogP contribution in [0.5, 0.6) is 0 Å². The number of carbonyl (C=O) groups excluding carboxylic acids is 1. The predicted molar refractivity (Wildman–Crippen MR) is 107 cm³/mol. The summed E-state index contributed by atoms with van der Waals surface area (Å²) in [5.41, 5.74) is 0.983. The molecule has 3 nitrogen and oxygen atoms in total. The van der Waals surface area contributed by atoms with Gasteiger partial charge in [0.15, 0.2) is 0 Å². The van der Waals surface area contributed by atoms with Crippen LogP contribution in [0.4, 0.5) is 0 Å². The molecule has 1 aromatic carbocycles. The van der Waals surface area contributed by atoms with E-state index in [0.717, 1.165) is 22.2 Å². The first-order valence-electron chi connectivity index (χ1n) is 7.62. The number of thioether (sulfide) groups is 1. The topological polar surface area (TPSA) is 33.5 Å². The van der Waals surface area contributed by atoms with Crippen molar-refractivity contribution in [2.75, 3.05) is 0 Å². The van der Waals surface area contributed by atoms with Gasteiger partial charge in [-0.05, 0) is 37.6 Å². The number of thiocarbonyl (C=S) groups is 1. The van der Waals surface area contributed by atoms with Gasteiger partial charge in [-0.25, -0.2) is 0 Å². The van der Waals surface area contributed by atoms with Gasteiger partial charge in [0.05, 0.1) is 4.91 Å². The molecule has 1 aliphatic rings. The Morgan fingerprint density at radius 2 is 2.17 bits per heavy atom. The molecule has 0 bridgehead atoms. The van der Waals surface area contributed by atoms with E-state index in [1.54, 1.807) is 11.0 Å². The highest BCUT2D eigenvalue weighted by Gasteiger charge is 2.34. The third kappa shape index (κ3) is 3.50. The standard InChI is InChI=1S/C18H16BrNO2S2/c1-3-11(2)20-17(21)16(24-18(20)23)10-14-7-8-15(22-14)12-5-4-6-13(19)9-12/h4-11H,3H2,1-2H3/b16-10+. The minimum Gasteiger partial charge on any atom is -0.457 e. The number of rotatable bonds is 4. The number of halogens is 1. The van der Waals surface area contributed by atoms with Crippen molar-refractivity contribution in [2.24, 2.45) is 0 Å². The van der Waals surface area contributed by atoms with E-state index in [2.05, 4.69) is 15.9 Å². The van der Waals surface area contributed by atoms with Gasteiger partial charge in [0.25, 0.3) is 5.91 Å². The lowest BCUT2D eigenvalue weighted by Crippen LogP contribution is -2.36. The monoisotopic (exact) mass is 421 g/mol. The lowest BCUT2D eigenvalue weighted by molar-refractivity contribution is -0.123. The van der Waals surface area contributed by atoms with E-state index in [9.17, 15) is 4.79 Å². The molecule has 0 radical (unpaired) electrons. The van der Waals surface area contributed by atoms with Crippen LogP contribution in [0.2, 0.25) is 0 Å².